The Morgan fingerprint density at radius 1 is 1.33 bits per heavy atom. The van der Waals surface area contributed by atoms with Crippen molar-refractivity contribution >= 4 is 5.91 Å². The predicted molar refractivity (Wildman–Crippen MR) is 60.5 cm³/mol. The first kappa shape index (κ1) is 9.97. The Balaban J connectivity index is 1.85. The van der Waals surface area contributed by atoms with Gasteiger partial charge in [0.1, 0.15) is 0 Å². The van der Waals surface area contributed by atoms with Crippen LogP contribution in [0.4, 0.5) is 0 Å². The highest BCUT2D eigenvalue weighted by molar-refractivity contribution is 5.95. The lowest BCUT2D eigenvalue weighted by atomic mass is 10.0. The molecule has 0 aliphatic carbocycles. The predicted octanol–water partition coefficient (Wildman–Crippen LogP) is 2.06. The number of aryl methyl sites for hydroxylation is 1. The average molecular weight is 201 g/mol. The number of rotatable bonds is 3. The highest BCUT2D eigenvalue weighted by Gasteiger charge is 2.23. The van der Waals surface area contributed by atoms with Gasteiger partial charge in [0.25, 0.3) is 0 Å². The Morgan fingerprint density at radius 2 is 2.07 bits per heavy atom. The summed E-state index contributed by atoms with van der Waals surface area (Å²) in [5.74, 6) is 0.0214. The number of benzene rings is 1. The Morgan fingerprint density at radius 3 is 2.67 bits per heavy atom. The molecule has 2 heteroatoms. The first-order valence-electron chi connectivity index (χ1n) is 5.28. The fourth-order valence-corrected chi connectivity index (χ4v) is 1.89. The summed E-state index contributed by atoms with van der Waals surface area (Å²) >= 11 is 0. The minimum Gasteiger partial charge on any atom is -0.349 e. The van der Waals surface area contributed by atoms with Crippen LogP contribution in [0.25, 0.3) is 0 Å². The van der Waals surface area contributed by atoms with Gasteiger partial charge in [-0.05, 0) is 24.8 Å². The maximum Gasteiger partial charge on any atom is 0.246 e. The molecule has 0 bridgehead atoms. The van der Waals surface area contributed by atoms with Gasteiger partial charge in [-0.15, -0.1) is 0 Å². The maximum atomic E-state index is 11.2. The maximum absolute atomic E-state index is 11.2. The molecule has 1 amide bonds. The van der Waals surface area contributed by atoms with Gasteiger partial charge in [0.05, 0.1) is 0 Å². The summed E-state index contributed by atoms with van der Waals surface area (Å²) in [4.78, 5) is 11.2. The second-order valence-electron chi connectivity index (χ2n) is 4.00. The van der Waals surface area contributed by atoms with E-state index in [1.54, 1.807) is 0 Å². The summed E-state index contributed by atoms with van der Waals surface area (Å²) in [6.45, 7) is 3.73. The van der Waals surface area contributed by atoms with Gasteiger partial charge in [-0.3, -0.25) is 4.79 Å². The van der Waals surface area contributed by atoms with Crippen molar-refractivity contribution in [3.8, 4) is 0 Å². The summed E-state index contributed by atoms with van der Waals surface area (Å²) in [6.07, 6.45) is 2.81. The van der Waals surface area contributed by atoms with Crippen LogP contribution in [0, 0.1) is 0 Å². The molecule has 1 aliphatic heterocycles. The van der Waals surface area contributed by atoms with Crippen LogP contribution in [0.1, 0.15) is 18.4 Å². The third kappa shape index (κ3) is 2.46. The smallest absolute Gasteiger partial charge is 0.246 e. The van der Waals surface area contributed by atoms with Crippen molar-refractivity contribution in [3.05, 3.63) is 48.0 Å². The van der Waals surface area contributed by atoms with E-state index in [0.29, 0.717) is 5.57 Å². The summed E-state index contributed by atoms with van der Waals surface area (Å²) in [6, 6.07) is 10.6. The van der Waals surface area contributed by atoms with E-state index in [9.17, 15) is 4.79 Å². The topological polar surface area (TPSA) is 29.1 Å². The van der Waals surface area contributed by atoms with Gasteiger partial charge in [0.15, 0.2) is 0 Å². The van der Waals surface area contributed by atoms with Crippen LogP contribution in [0.5, 0.6) is 0 Å². The average Bonchev–Trinajstić information content (AvgIpc) is 2.57. The van der Waals surface area contributed by atoms with E-state index in [-0.39, 0.29) is 11.9 Å². The van der Waals surface area contributed by atoms with Crippen LogP contribution >= 0.6 is 0 Å². The molecule has 2 nitrogen and oxygen atoms in total. The lowest BCUT2D eigenvalue weighted by molar-refractivity contribution is -0.116. The molecule has 1 atom stereocenters. The van der Waals surface area contributed by atoms with E-state index >= 15 is 0 Å². The Labute approximate surface area is 90.0 Å². The molecular weight excluding hydrogens is 186 g/mol. The first-order valence-corrected chi connectivity index (χ1v) is 5.28. The van der Waals surface area contributed by atoms with Gasteiger partial charge < -0.3 is 5.32 Å². The molecular formula is C13H15NO. The molecule has 15 heavy (non-hydrogen) atoms. The third-order valence-corrected chi connectivity index (χ3v) is 2.77. The van der Waals surface area contributed by atoms with Crippen molar-refractivity contribution in [3.63, 3.8) is 0 Å². The fraction of sp³-hybridized carbons (Fsp3) is 0.308. The van der Waals surface area contributed by atoms with Crippen LogP contribution in [0.3, 0.4) is 0 Å². The van der Waals surface area contributed by atoms with Gasteiger partial charge >= 0.3 is 0 Å². The van der Waals surface area contributed by atoms with Gasteiger partial charge in [-0.1, -0.05) is 36.9 Å². The van der Waals surface area contributed by atoms with Gasteiger partial charge in [0, 0.05) is 11.6 Å². The van der Waals surface area contributed by atoms with Crippen molar-refractivity contribution in [2.24, 2.45) is 0 Å². The van der Waals surface area contributed by atoms with Gasteiger partial charge in [-0.25, -0.2) is 0 Å². The van der Waals surface area contributed by atoms with E-state index in [1.807, 2.05) is 18.2 Å². The second kappa shape index (κ2) is 4.30. The van der Waals surface area contributed by atoms with Crippen LogP contribution < -0.4 is 5.32 Å². The van der Waals surface area contributed by atoms with Gasteiger partial charge in [-0.2, -0.15) is 0 Å². The zero-order valence-electron chi connectivity index (χ0n) is 8.70. The van der Waals surface area contributed by atoms with E-state index in [1.165, 1.54) is 5.56 Å². The quantitative estimate of drug-likeness (QED) is 0.745. The largest absolute Gasteiger partial charge is 0.349 e. The van der Waals surface area contributed by atoms with Crippen molar-refractivity contribution in [1.82, 2.24) is 5.32 Å². The summed E-state index contributed by atoms with van der Waals surface area (Å²) in [7, 11) is 0. The number of carbonyl (C=O) groups is 1. The summed E-state index contributed by atoms with van der Waals surface area (Å²) < 4.78 is 0. The third-order valence-electron chi connectivity index (χ3n) is 2.77. The number of nitrogens with one attached hydrogen (secondary N) is 1. The van der Waals surface area contributed by atoms with Crippen molar-refractivity contribution in [1.29, 1.82) is 0 Å². The standard InChI is InChI=1S/C13H15NO/c1-10-9-12(14-13(10)15)8-7-11-5-3-2-4-6-11/h2-6,12H,1,7-9H2,(H,14,15)/t12-/m0/s1. The Hall–Kier alpha value is -1.57. The zero-order valence-corrected chi connectivity index (χ0v) is 8.70. The van der Waals surface area contributed by atoms with E-state index in [0.717, 1.165) is 19.3 Å². The van der Waals surface area contributed by atoms with Crippen LogP contribution in [-0.2, 0) is 11.2 Å². The summed E-state index contributed by atoms with van der Waals surface area (Å²) in [5, 5.41) is 2.94. The van der Waals surface area contributed by atoms with Gasteiger partial charge in [0.2, 0.25) is 5.91 Å². The molecule has 1 aromatic rings. The molecule has 1 heterocycles. The normalized spacial score (nSPS) is 20.4. The monoisotopic (exact) mass is 201 g/mol. The van der Waals surface area contributed by atoms with Crippen molar-refractivity contribution in [2.45, 2.75) is 25.3 Å². The molecule has 0 aromatic heterocycles. The zero-order chi connectivity index (χ0) is 10.7. The molecule has 0 radical (unpaired) electrons. The van der Waals surface area contributed by atoms with Crippen molar-refractivity contribution < 1.29 is 4.79 Å². The molecule has 1 aromatic carbocycles. The number of carbonyl (C=O) groups excluding carboxylic acids is 1. The highest BCUT2D eigenvalue weighted by Crippen LogP contribution is 2.16. The van der Waals surface area contributed by atoms with Crippen LogP contribution in [0.15, 0.2) is 42.5 Å². The fourth-order valence-electron chi connectivity index (χ4n) is 1.89. The number of amides is 1. The lowest BCUT2D eigenvalue weighted by Crippen LogP contribution is -2.25. The molecule has 2 rings (SSSR count). The van der Waals surface area contributed by atoms with E-state index < -0.39 is 0 Å². The van der Waals surface area contributed by atoms with Crippen LogP contribution in [0.2, 0.25) is 0 Å². The van der Waals surface area contributed by atoms with Crippen molar-refractivity contribution in [2.75, 3.05) is 0 Å². The molecule has 1 N–H and O–H groups in total. The van der Waals surface area contributed by atoms with Crippen LogP contribution in [-0.4, -0.2) is 11.9 Å². The molecule has 0 unspecified atom stereocenters. The molecule has 1 saturated heterocycles. The first-order chi connectivity index (χ1) is 7.25. The minimum atomic E-state index is 0.0214. The molecule has 0 spiro atoms. The molecule has 1 fully saturated rings. The van der Waals surface area contributed by atoms with E-state index in [4.69, 9.17) is 0 Å². The second-order valence-corrected chi connectivity index (χ2v) is 4.00. The molecule has 78 valence electrons. The Kier molecular flexibility index (Phi) is 2.86. The van der Waals surface area contributed by atoms with E-state index in [2.05, 4.69) is 24.0 Å². The molecule has 1 aliphatic rings. The molecule has 0 saturated carbocycles. The Bertz CT molecular complexity index is 353. The minimum absolute atomic E-state index is 0.0214. The summed E-state index contributed by atoms with van der Waals surface area (Å²) in [5.41, 5.74) is 2.04. The highest BCUT2D eigenvalue weighted by atomic mass is 16.2. The SMILES string of the molecule is C=C1C[C@H](CCc2ccccc2)NC1=O. The number of hydrogen-bond acceptors (Lipinski definition) is 1. The number of hydrogen-bond donors (Lipinski definition) is 1. The lowest BCUT2D eigenvalue weighted by Gasteiger charge is -2.08.